The number of amides is 1. The van der Waals surface area contributed by atoms with Gasteiger partial charge in [0.1, 0.15) is 18.8 Å². The van der Waals surface area contributed by atoms with Gasteiger partial charge in [-0.1, -0.05) is 48.5 Å². The molecule has 1 saturated heterocycles. The molecule has 1 aliphatic heterocycles. The number of esters is 3. The minimum Gasteiger partial charge on any atom is -0.463 e. The van der Waals surface area contributed by atoms with E-state index in [1.165, 1.54) is 20.8 Å². The highest BCUT2D eigenvalue weighted by Crippen LogP contribution is 2.29. The molecule has 10 nitrogen and oxygen atoms in total. The summed E-state index contributed by atoms with van der Waals surface area (Å²) in [4.78, 5) is 48.5. The van der Waals surface area contributed by atoms with Crippen molar-refractivity contribution in [2.45, 2.75) is 58.0 Å². The van der Waals surface area contributed by atoms with Crippen LogP contribution < -0.4 is 5.32 Å². The molecule has 36 heavy (non-hydrogen) atoms. The fourth-order valence-corrected chi connectivity index (χ4v) is 3.78. The van der Waals surface area contributed by atoms with Gasteiger partial charge in [0.2, 0.25) is 0 Å². The second kappa shape index (κ2) is 12.8. The van der Waals surface area contributed by atoms with E-state index in [9.17, 15) is 19.2 Å². The van der Waals surface area contributed by atoms with Crippen LogP contribution >= 0.6 is 0 Å². The quantitative estimate of drug-likeness (QED) is 0.408. The molecule has 0 radical (unpaired) electrons. The largest absolute Gasteiger partial charge is 0.463 e. The highest BCUT2D eigenvalue weighted by molar-refractivity contribution is 5.94. The Balaban J connectivity index is 1.95. The van der Waals surface area contributed by atoms with Gasteiger partial charge in [-0.2, -0.15) is 0 Å². The monoisotopic (exact) mass is 499 g/mol. The van der Waals surface area contributed by atoms with Gasteiger partial charge in [-0.25, -0.2) is 0 Å². The highest BCUT2D eigenvalue weighted by atomic mass is 16.7. The lowest BCUT2D eigenvalue weighted by Gasteiger charge is -2.45. The van der Waals surface area contributed by atoms with Crippen LogP contribution in [0.2, 0.25) is 0 Å². The zero-order chi connectivity index (χ0) is 26.1. The Morgan fingerprint density at radius 3 is 1.97 bits per heavy atom. The number of ether oxygens (including phenoxy) is 5. The summed E-state index contributed by atoms with van der Waals surface area (Å²) in [7, 11) is 0. The molecule has 0 unspecified atom stereocenters. The minimum absolute atomic E-state index is 0.106. The van der Waals surface area contributed by atoms with Crippen molar-refractivity contribution in [2.24, 2.45) is 0 Å². The molecule has 0 spiro atoms. The standard InChI is InChI=1S/C26H29NO9/c1-16(28)32-15-21-23(34-17(2)29)24(35-18(3)30)22(27-25(31)20-12-8-5-9-13-20)26(36-21)33-14-19-10-6-4-7-11-19/h4-13,21-24,26H,14-15H2,1-3H3,(H,27,31)/t21-,22-,23-,24-,26+/m1/s1. The Bertz CT molecular complexity index is 1040. The summed E-state index contributed by atoms with van der Waals surface area (Å²) < 4.78 is 28.1. The molecule has 2 aromatic rings. The first kappa shape index (κ1) is 26.8. The molecule has 5 atom stereocenters. The van der Waals surface area contributed by atoms with Gasteiger partial charge in [-0.05, 0) is 17.7 Å². The van der Waals surface area contributed by atoms with Crippen LogP contribution in [0.1, 0.15) is 36.7 Å². The summed E-state index contributed by atoms with van der Waals surface area (Å²) in [5.74, 6) is -2.41. The Morgan fingerprint density at radius 1 is 0.806 bits per heavy atom. The Kier molecular flexibility index (Phi) is 9.54. The predicted octanol–water partition coefficient (Wildman–Crippen LogP) is 2.15. The molecule has 0 aromatic heterocycles. The predicted molar refractivity (Wildman–Crippen MR) is 125 cm³/mol. The van der Waals surface area contributed by atoms with E-state index in [0.29, 0.717) is 5.56 Å². The first-order valence-corrected chi connectivity index (χ1v) is 11.4. The van der Waals surface area contributed by atoms with Crippen molar-refractivity contribution >= 4 is 23.8 Å². The molecule has 1 N–H and O–H groups in total. The van der Waals surface area contributed by atoms with Gasteiger partial charge in [0, 0.05) is 26.3 Å². The highest BCUT2D eigenvalue weighted by Gasteiger charge is 2.51. The third-order valence-corrected chi connectivity index (χ3v) is 5.29. The van der Waals surface area contributed by atoms with Crippen LogP contribution in [0.15, 0.2) is 60.7 Å². The van der Waals surface area contributed by atoms with Crippen LogP contribution in [0, 0.1) is 0 Å². The number of hydrogen-bond donors (Lipinski definition) is 1. The fourth-order valence-electron chi connectivity index (χ4n) is 3.78. The van der Waals surface area contributed by atoms with E-state index in [4.69, 9.17) is 23.7 Å². The molecule has 2 aromatic carbocycles. The summed E-state index contributed by atoms with van der Waals surface area (Å²) in [5, 5.41) is 2.80. The van der Waals surface area contributed by atoms with Crippen LogP contribution in [0.3, 0.4) is 0 Å². The number of nitrogens with one attached hydrogen (secondary N) is 1. The SMILES string of the molecule is CC(=O)OC[C@H]1O[C@H](OCc2ccccc2)[C@H](NC(=O)c2ccccc2)[C@@H](OC(C)=O)[C@@H]1OC(C)=O. The average Bonchev–Trinajstić information content (AvgIpc) is 2.85. The van der Waals surface area contributed by atoms with Crippen LogP contribution in [-0.2, 0) is 44.7 Å². The maximum absolute atomic E-state index is 13.0. The van der Waals surface area contributed by atoms with Crippen molar-refractivity contribution in [1.82, 2.24) is 5.32 Å². The molecule has 0 bridgehead atoms. The zero-order valence-corrected chi connectivity index (χ0v) is 20.2. The van der Waals surface area contributed by atoms with E-state index in [-0.39, 0.29) is 13.2 Å². The molecule has 192 valence electrons. The number of hydrogen-bond acceptors (Lipinski definition) is 9. The topological polar surface area (TPSA) is 126 Å². The van der Waals surface area contributed by atoms with Gasteiger partial charge in [-0.15, -0.1) is 0 Å². The van der Waals surface area contributed by atoms with E-state index in [1.54, 1.807) is 30.3 Å². The molecule has 1 fully saturated rings. The van der Waals surface area contributed by atoms with Crippen molar-refractivity contribution in [3.05, 3.63) is 71.8 Å². The van der Waals surface area contributed by atoms with E-state index < -0.39 is 54.5 Å². The van der Waals surface area contributed by atoms with Gasteiger partial charge in [-0.3, -0.25) is 19.2 Å². The average molecular weight is 500 g/mol. The Morgan fingerprint density at radius 2 is 1.39 bits per heavy atom. The lowest BCUT2D eigenvalue weighted by molar-refractivity contribution is -0.279. The van der Waals surface area contributed by atoms with Gasteiger partial charge in [0.05, 0.1) is 6.61 Å². The molecule has 1 amide bonds. The normalized spacial score (nSPS) is 23.2. The Hall–Kier alpha value is -3.76. The summed E-state index contributed by atoms with van der Waals surface area (Å²) in [5.41, 5.74) is 1.18. The number of rotatable bonds is 9. The van der Waals surface area contributed by atoms with Crippen LogP contribution in [0.5, 0.6) is 0 Å². The van der Waals surface area contributed by atoms with Gasteiger partial charge in [0.25, 0.3) is 5.91 Å². The molecule has 1 aliphatic rings. The molecular weight excluding hydrogens is 470 g/mol. The summed E-state index contributed by atoms with van der Waals surface area (Å²) >= 11 is 0. The Labute approximate surface area is 208 Å². The smallest absolute Gasteiger partial charge is 0.303 e. The van der Waals surface area contributed by atoms with E-state index >= 15 is 0 Å². The minimum atomic E-state index is -1.20. The molecule has 1 heterocycles. The van der Waals surface area contributed by atoms with Crippen LogP contribution in [0.4, 0.5) is 0 Å². The van der Waals surface area contributed by atoms with E-state index in [1.807, 2.05) is 30.3 Å². The van der Waals surface area contributed by atoms with Crippen molar-refractivity contribution in [3.63, 3.8) is 0 Å². The molecule has 3 rings (SSSR count). The van der Waals surface area contributed by atoms with Gasteiger partial charge in [0.15, 0.2) is 18.5 Å². The van der Waals surface area contributed by atoms with Crippen LogP contribution in [-0.4, -0.2) is 61.1 Å². The first-order valence-electron chi connectivity index (χ1n) is 11.4. The second-order valence-electron chi connectivity index (χ2n) is 8.16. The van der Waals surface area contributed by atoms with Crippen molar-refractivity contribution in [1.29, 1.82) is 0 Å². The molecule has 0 saturated carbocycles. The van der Waals surface area contributed by atoms with Crippen molar-refractivity contribution in [2.75, 3.05) is 6.61 Å². The molecule has 10 heteroatoms. The molecular formula is C26H29NO9. The van der Waals surface area contributed by atoms with Crippen molar-refractivity contribution in [3.8, 4) is 0 Å². The maximum Gasteiger partial charge on any atom is 0.303 e. The zero-order valence-electron chi connectivity index (χ0n) is 20.2. The summed E-state index contributed by atoms with van der Waals surface area (Å²) in [6.45, 7) is 3.41. The lowest BCUT2D eigenvalue weighted by Crippen LogP contribution is -2.66. The third kappa shape index (κ3) is 7.62. The fraction of sp³-hybridized carbons (Fsp3) is 0.385. The molecule has 0 aliphatic carbocycles. The third-order valence-electron chi connectivity index (χ3n) is 5.29. The number of carbonyl (C=O) groups is 4. The lowest BCUT2D eigenvalue weighted by atomic mass is 9.95. The summed E-state index contributed by atoms with van der Waals surface area (Å²) in [6.07, 6.45) is -4.57. The van der Waals surface area contributed by atoms with Crippen molar-refractivity contribution < 1.29 is 42.9 Å². The second-order valence-corrected chi connectivity index (χ2v) is 8.16. The van der Waals surface area contributed by atoms with E-state index in [0.717, 1.165) is 5.56 Å². The van der Waals surface area contributed by atoms with Crippen LogP contribution in [0.25, 0.3) is 0 Å². The maximum atomic E-state index is 13.0. The number of carbonyl (C=O) groups excluding carboxylic acids is 4. The van der Waals surface area contributed by atoms with E-state index in [2.05, 4.69) is 5.32 Å². The summed E-state index contributed by atoms with van der Waals surface area (Å²) in [6, 6.07) is 16.6. The number of benzene rings is 2. The first-order chi connectivity index (χ1) is 17.2. The van der Waals surface area contributed by atoms with Gasteiger partial charge < -0.3 is 29.0 Å². The van der Waals surface area contributed by atoms with Gasteiger partial charge >= 0.3 is 17.9 Å².